The summed E-state index contributed by atoms with van der Waals surface area (Å²) in [5.74, 6) is 0. The zero-order valence-electron chi connectivity index (χ0n) is 13.7. The summed E-state index contributed by atoms with van der Waals surface area (Å²) < 4.78 is 0. The van der Waals surface area contributed by atoms with E-state index in [1.165, 1.54) is 47.1 Å². The summed E-state index contributed by atoms with van der Waals surface area (Å²) in [6.07, 6.45) is 3.84. The van der Waals surface area contributed by atoms with E-state index in [2.05, 4.69) is 77.1 Å². The van der Waals surface area contributed by atoms with Crippen molar-refractivity contribution < 1.29 is 0 Å². The van der Waals surface area contributed by atoms with Gasteiger partial charge >= 0.3 is 0 Å². The minimum absolute atomic E-state index is 1.24. The van der Waals surface area contributed by atoms with Gasteiger partial charge in [0.05, 0.1) is 0 Å². The molecule has 0 bridgehead atoms. The van der Waals surface area contributed by atoms with Gasteiger partial charge in [0.15, 0.2) is 0 Å². The van der Waals surface area contributed by atoms with Crippen LogP contribution in [-0.2, 0) is 6.42 Å². The molecule has 0 unspecified atom stereocenters. The highest BCUT2D eigenvalue weighted by Crippen LogP contribution is 2.13. The highest BCUT2D eigenvalue weighted by Gasteiger charge is 1.97. The molecule has 0 saturated heterocycles. The normalized spacial score (nSPS) is 9.85. The van der Waals surface area contributed by atoms with Crippen LogP contribution in [0.15, 0.2) is 42.5 Å². The molecule has 0 aliphatic heterocycles. The van der Waals surface area contributed by atoms with Gasteiger partial charge in [0.2, 0.25) is 0 Å². The average Bonchev–Trinajstić information content (AvgIpc) is 2.44. The molecule has 0 aliphatic rings. The van der Waals surface area contributed by atoms with Gasteiger partial charge in [-0.3, -0.25) is 0 Å². The van der Waals surface area contributed by atoms with E-state index in [0.717, 1.165) is 0 Å². The van der Waals surface area contributed by atoms with Crippen LogP contribution < -0.4 is 0 Å². The molecular weight excluding hydrogens is 240 g/mol. The Hall–Kier alpha value is -1.56. The van der Waals surface area contributed by atoms with Gasteiger partial charge in [-0.2, -0.15) is 0 Å². The highest BCUT2D eigenvalue weighted by molar-refractivity contribution is 5.30. The second-order valence-corrected chi connectivity index (χ2v) is 5.69. The van der Waals surface area contributed by atoms with Crippen LogP contribution in [0.25, 0.3) is 0 Å². The van der Waals surface area contributed by atoms with Gasteiger partial charge in [-0.25, -0.2) is 0 Å². The van der Waals surface area contributed by atoms with Crippen LogP contribution in [-0.4, -0.2) is 0 Å². The molecule has 0 spiro atoms. The molecule has 0 radical (unpaired) electrons. The van der Waals surface area contributed by atoms with Crippen LogP contribution in [0.4, 0.5) is 0 Å². The van der Waals surface area contributed by atoms with E-state index in [9.17, 15) is 0 Å². The lowest BCUT2D eigenvalue weighted by molar-refractivity contribution is 0.790. The fourth-order valence-corrected chi connectivity index (χ4v) is 2.07. The summed E-state index contributed by atoms with van der Waals surface area (Å²) in [7, 11) is 0. The van der Waals surface area contributed by atoms with Crippen molar-refractivity contribution in [2.45, 2.75) is 53.9 Å². The average molecular weight is 268 g/mol. The highest BCUT2D eigenvalue weighted by atomic mass is 14.0. The van der Waals surface area contributed by atoms with Crippen molar-refractivity contribution in [1.29, 1.82) is 0 Å². The maximum Gasteiger partial charge on any atom is -0.0276 e. The van der Waals surface area contributed by atoms with E-state index in [0.29, 0.717) is 0 Å². The van der Waals surface area contributed by atoms with Crippen LogP contribution in [0.1, 0.15) is 47.6 Å². The first-order chi connectivity index (χ1) is 9.52. The van der Waals surface area contributed by atoms with Crippen molar-refractivity contribution in [2.24, 2.45) is 0 Å². The molecule has 20 heavy (non-hydrogen) atoms. The maximum absolute atomic E-state index is 2.31. The fraction of sp³-hybridized carbons (Fsp3) is 0.400. The Labute approximate surface area is 124 Å². The number of rotatable bonds is 3. The molecule has 0 N–H and O–H groups in total. The Balaban J connectivity index is 0.000000217. The molecule has 2 aromatic carbocycles. The predicted molar refractivity (Wildman–Crippen MR) is 90.4 cm³/mol. The van der Waals surface area contributed by atoms with Gasteiger partial charge in [-0.1, -0.05) is 72.5 Å². The van der Waals surface area contributed by atoms with E-state index in [1.807, 2.05) is 0 Å². The van der Waals surface area contributed by atoms with Gasteiger partial charge in [0.1, 0.15) is 0 Å². The minimum atomic E-state index is 1.24. The van der Waals surface area contributed by atoms with Gasteiger partial charge in [0, 0.05) is 0 Å². The van der Waals surface area contributed by atoms with E-state index in [-0.39, 0.29) is 0 Å². The fourth-order valence-electron chi connectivity index (χ4n) is 2.07. The summed E-state index contributed by atoms with van der Waals surface area (Å²) in [6.45, 7) is 10.8. The third-order valence-electron chi connectivity index (χ3n) is 3.52. The number of aryl methyl sites for hydroxylation is 5. The molecule has 108 valence electrons. The van der Waals surface area contributed by atoms with Gasteiger partial charge in [-0.15, -0.1) is 0 Å². The third-order valence-corrected chi connectivity index (χ3v) is 3.52. The summed E-state index contributed by atoms with van der Waals surface area (Å²) in [5.41, 5.74) is 7.00. The van der Waals surface area contributed by atoms with Crippen LogP contribution >= 0.6 is 0 Å². The monoisotopic (exact) mass is 268 g/mol. The smallest absolute Gasteiger partial charge is 0.0276 e. The standard InChI is InChI=1S/C12H18.C8H10/c1-4-5-6-12-9-10(2)7-8-11(12)3;1-7-3-5-8(2)6-4-7/h7-9H,4-6H2,1-3H3;3-6H,1-2H3. The van der Waals surface area contributed by atoms with E-state index < -0.39 is 0 Å². The summed E-state index contributed by atoms with van der Waals surface area (Å²) >= 11 is 0. The maximum atomic E-state index is 2.31. The molecule has 0 amide bonds. The first-order valence-electron chi connectivity index (χ1n) is 7.62. The Morgan fingerprint density at radius 2 is 1.20 bits per heavy atom. The van der Waals surface area contributed by atoms with Crippen molar-refractivity contribution >= 4 is 0 Å². The molecule has 0 aliphatic carbocycles. The van der Waals surface area contributed by atoms with Crippen LogP contribution in [0.3, 0.4) is 0 Å². The third kappa shape index (κ3) is 6.06. The largest absolute Gasteiger partial charge is 0.0654 e. The molecule has 0 fully saturated rings. The van der Waals surface area contributed by atoms with Crippen molar-refractivity contribution in [1.82, 2.24) is 0 Å². The lowest BCUT2D eigenvalue weighted by atomic mass is 10.0. The van der Waals surface area contributed by atoms with Gasteiger partial charge < -0.3 is 0 Å². The van der Waals surface area contributed by atoms with E-state index in [1.54, 1.807) is 0 Å². The van der Waals surface area contributed by atoms with E-state index >= 15 is 0 Å². The quantitative estimate of drug-likeness (QED) is 0.645. The first-order valence-corrected chi connectivity index (χ1v) is 7.62. The summed E-state index contributed by atoms with van der Waals surface area (Å²) in [6, 6.07) is 15.2. The topological polar surface area (TPSA) is 0 Å². The zero-order valence-corrected chi connectivity index (χ0v) is 13.7. The van der Waals surface area contributed by atoms with Crippen LogP contribution in [0.2, 0.25) is 0 Å². The molecule has 0 atom stereocenters. The molecular formula is C20H28. The summed E-state index contributed by atoms with van der Waals surface area (Å²) in [4.78, 5) is 0. The Bertz CT molecular complexity index is 485. The predicted octanol–water partition coefficient (Wildman–Crippen LogP) is 5.95. The van der Waals surface area contributed by atoms with Crippen LogP contribution in [0.5, 0.6) is 0 Å². The number of benzene rings is 2. The molecule has 0 heteroatoms. The zero-order chi connectivity index (χ0) is 15.0. The van der Waals surface area contributed by atoms with Crippen molar-refractivity contribution in [3.8, 4) is 0 Å². The molecule has 0 aromatic heterocycles. The molecule has 0 saturated carbocycles. The molecule has 0 heterocycles. The Morgan fingerprint density at radius 1 is 0.700 bits per heavy atom. The molecule has 2 aromatic rings. The lowest BCUT2D eigenvalue weighted by Crippen LogP contribution is -1.89. The first kappa shape index (κ1) is 16.5. The van der Waals surface area contributed by atoms with Crippen molar-refractivity contribution in [3.63, 3.8) is 0 Å². The summed E-state index contributed by atoms with van der Waals surface area (Å²) in [5, 5.41) is 0. The number of hydrogen-bond donors (Lipinski definition) is 0. The SMILES string of the molecule is CCCCc1cc(C)ccc1C.Cc1ccc(C)cc1. The van der Waals surface area contributed by atoms with Crippen molar-refractivity contribution in [3.05, 3.63) is 70.3 Å². The lowest BCUT2D eigenvalue weighted by Gasteiger charge is -2.05. The Morgan fingerprint density at radius 3 is 1.70 bits per heavy atom. The molecule has 0 nitrogen and oxygen atoms in total. The van der Waals surface area contributed by atoms with Crippen LogP contribution in [0, 0.1) is 27.7 Å². The Kier molecular flexibility index (Phi) is 7.08. The minimum Gasteiger partial charge on any atom is -0.0654 e. The second-order valence-electron chi connectivity index (χ2n) is 5.69. The second kappa shape index (κ2) is 8.58. The number of hydrogen-bond acceptors (Lipinski definition) is 0. The van der Waals surface area contributed by atoms with E-state index in [4.69, 9.17) is 0 Å². The number of unbranched alkanes of at least 4 members (excludes halogenated alkanes) is 1. The molecule has 2 rings (SSSR count). The van der Waals surface area contributed by atoms with Gasteiger partial charge in [-0.05, 0) is 51.7 Å². The van der Waals surface area contributed by atoms with Gasteiger partial charge in [0.25, 0.3) is 0 Å². The van der Waals surface area contributed by atoms with Crippen molar-refractivity contribution in [2.75, 3.05) is 0 Å².